The van der Waals surface area contributed by atoms with Crippen molar-refractivity contribution in [3.8, 4) is 0 Å². The van der Waals surface area contributed by atoms with Crippen LogP contribution < -0.4 is 11.1 Å². The maximum absolute atomic E-state index is 12.2. The minimum absolute atomic E-state index is 0.152. The average Bonchev–Trinajstić information content (AvgIpc) is 2.94. The van der Waals surface area contributed by atoms with Gasteiger partial charge in [-0.15, -0.1) is 0 Å². The number of benzene rings is 2. The molecule has 0 aliphatic carbocycles. The Hall–Kier alpha value is -2.82. The Labute approximate surface area is 115 Å². The second-order valence-corrected chi connectivity index (χ2v) is 4.64. The van der Waals surface area contributed by atoms with Gasteiger partial charge in [0.05, 0.1) is 23.1 Å². The summed E-state index contributed by atoms with van der Waals surface area (Å²) < 4.78 is 0. The molecule has 3 aromatic rings. The van der Waals surface area contributed by atoms with E-state index in [0.717, 1.165) is 22.2 Å². The lowest BCUT2D eigenvalue weighted by atomic mass is 10.1. The largest absolute Gasteiger partial charge is 0.397 e. The summed E-state index contributed by atoms with van der Waals surface area (Å²) in [5.41, 5.74) is 9.53. The minimum Gasteiger partial charge on any atom is -0.397 e. The zero-order valence-electron chi connectivity index (χ0n) is 11.0. The number of aromatic nitrogens is 2. The number of hydrogen-bond acceptors (Lipinski definition) is 3. The number of nitrogens with one attached hydrogen (secondary N) is 2. The quantitative estimate of drug-likeness (QED) is 0.623. The molecule has 5 nitrogen and oxygen atoms in total. The number of carbonyl (C=O) groups excluding carboxylic acids is 1. The van der Waals surface area contributed by atoms with Crippen LogP contribution in [0.2, 0.25) is 0 Å². The number of rotatable bonds is 2. The van der Waals surface area contributed by atoms with Gasteiger partial charge in [-0.25, -0.2) is 0 Å². The number of fused-ring (bicyclic) bond motifs is 1. The highest BCUT2D eigenvalue weighted by molar-refractivity contribution is 6.11. The summed E-state index contributed by atoms with van der Waals surface area (Å²) in [6, 6.07) is 10.9. The zero-order valence-corrected chi connectivity index (χ0v) is 11.0. The third-order valence-electron chi connectivity index (χ3n) is 3.24. The summed E-state index contributed by atoms with van der Waals surface area (Å²) in [7, 11) is 0. The molecule has 0 bridgehead atoms. The van der Waals surface area contributed by atoms with Crippen LogP contribution in [-0.4, -0.2) is 16.1 Å². The van der Waals surface area contributed by atoms with Crippen LogP contribution in [0.1, 0.15) is 15.9 Å². The Kier molecular flexibility index (Phi) is 2.87. The summed E-state index contributed by atoms with van der Waals surface area (Å²) in [4.78, 5) is 12.2. The smallest absolute Gasteiger partial charge is 0.255 e. The van der Waals surface area contributed by atoms with Crippen molar-refractivity contribution in [2.24, 2.45) is 0 Å². The highest BCUT2D eigenvalue weighted by atomic mass is 16.1. The second kappa shape index (κ2) is 4.70. The van der Waals surface area contributed by atoms with Crippen molar-refractivity contribution >= 4 is 28.2 Å². The Morgan fingerprint density at radius 3 is 2.80 bits per heavy atom. The van der Waals surface area contributed by atoms with Gasteiger partial charge in [0.2, 0.25) is 0 Å². The molecular weight excluding hydrogens is 252 g/mol. The van der Waals surface area contributed by atoms with Gasteiger partial charge >= 0.3 is 0 Å². The Bertz CT molecular complexity index is 777. The number of nitrogens with two attached hydrogens (primary N) is 1. The molecule has 0 aliphatic heterocycles. The highest BCUT2D eigenvalue weighted by Crippen LogP contribution is 2.30. The zero-order chi connectivity index (χ0) is 14.1. The van der Waals surface area contributed by atoms with Crippen LogP contribution in [-0.2, 0) is 0 Å². The van der Waals surface area contributed by atoms with Gasteiger partial charge in [0.25, 0.3) is 5.91 Å². The molecular formula is C15H14N4O. The van der Waals surface area contributed by atoms with Crippen molar-refractivity contribution in [1.82, 2.24) is 10.2 Å². The van der Waals surface area contributed by atoms with Gasteiger partial charge in [0.15, 0.2) is 0 Å². The van der Waals surface area contributed by atoms with Crippen molar-refractivity contribution in [2.45, 2.75) is 6.92 Å². The van der Waals surface area contributed by atoms with Crippen LogP contribution in [0.3, 0.4) is 0 Å². The number of amides is 1. The molecule has 0 saturated carbocycles. The summed E-state index contributed by atoms with van der Waals surface area (Å²) in [6.45, 7) is 1.91. The Morgan fingerprint density at radius 2 is 2.05 bits per heavy atom. The first kappa shape index (κ1) is 12.2. The molecule has 2 aromatic carbocycles. The van der Waals surface area contributed by atoms with E-state index in [-0.39, 0.29) is 5.91 Å². The van der Waals surface area contributed by atoms with Crippen molar-refractivity contribution in [3.05, 3.63) is 53.7 Å². The predicted octanol–water partition coefficient (Wildman–Crippen LogP) is 2.71. The molecule has 1 amide bonds. The first-order valence-corrected chi connectivity index (χ1v) is 6.25. The number of anilines is 2. The number of aryl methyl sites for hydroxylation is 1. The maximum atomic E-state index is 12.2. The molecule has 4 N–H and O–H groups in total. The molecule has 1 heterocycles. The molecule has 0 aliphatic rings. The fraction of sp³-hybridized carbons (Fsp3) is 0.0667. The van der Waals surface area contributed by atoms with Crippen LogP contribution in [0.15, 0.2) is 42.6 Å². The fourth-order valence-corrected chi connectivity index (χ4v) is 2.23. The van der Waals surface area contributed by atoms with Gasteiger partial charge in [-0.3, -0.25) is 9.89 Å². The Balaban J connectivity index is 2.03. The molecule has 0 spiro atoms. The molecule has 0 atom stereocenters. The molecule has 1 aromatic heterocycles. The van der Waals surface area contributed by atoms with E-state index >= 15 is 0 Å². The summed E-state index contributed by atoms with van der Waals surface area (Å²) in [5.74, 6) is -0.152. The van der Waals surface area contributed by atoms with Gasteiger partial charge in [0, 0.05) is 10.9 Å². The van der Waals surface area contributed by atoms with Crippen molar-refractivity contribution in [3.63, 3.8) is 0 Å². The van der Waals surface area contributed by atoms with E-state index in [1.807, 2.05) is 31.2 Å². The van der Waals surface area contributed by atoms with Gasteiger partial charge in [-0.1, -0.05) is 18.2 Å². The SMILES string of the molecule is Cc1cc(N)c2[nH]ncc2c1NC(=O)c1ccccc1. The van der Waals surface area contributed by atoms with E-state index in [4.69, 9.17) is 5.73 Å². The molecule has 20 heavy (non-hydrogen) atoms. The van der Waals surface area contributed by atoms with E-state index in [9.17, 15) is 4.79 Å². The maximum Gasteiger partial charge on any atom is 0.255 e. The van der Waals surface area contributed by atoms with Crippen LogP contribution in [0.4, 0.5) is 11.4 Å². The van der Waals surface area contributed by atoms with Crippen molar-refractivity contribution in [2.75, 3.05) is 11.1 Å². The second-order valence-electron chi connectivity index (χ2n) is 4.64. The van der Waals surface area contributed by atoms with Crippen LogP contribution in [0, 0.1) is 6.92 Å². The fourth-order valence-electron chi connectivity index (χ4n) is 2.23. The molecule has 100 valence electrons. The van der Waals surface area contributed by atoms with Crippen LogP contribution in [0.25, 0.3) is 10.9 Å². The predicted molar refractivity (Wildman–Crippen MR) is 79.6 cm³/mol. The van der Waals surface area contributed by atoms with Crippen LogP contribution >= 0.6 is 0 Å². The summed E-state index contributed by atoms with van der Waals surface area (Å²) in [6.07, 6.45) is 1.67. The number of carbonyl (C=O) groups is 1. The highest BCUT2D eigenvalue weighted by Gasteiger charge is 2.13. The van der Waals surface area contributed by atoms with Gasteiger partial charge in [-0.2, -0.15) is 5.10 Å². The number of nitrogens with zero attached hydrogens (tertiary/aromatic N) is 1. The van der Waals surface area contributed by atoms with Gasteiger partial charge in [-0.05, 0) is 30.7 Å². The van der Waals surface area contributed by atoms with Gasteiger partial charge < -0.3 is 11.1 Å². The van der Waals surface area contributed by atoms with Crippen molar-refractivity contribution in [1.29, 1.82) is 0 Å². The Morgan fingerprint density at radius 1 is 1.30 bits per heavy atom. The summed E-state index contributed by atoms with van der Waals surface area (Å²) >= 11 is 0. The molecule has 0 fully saturated rings. The van der Waals surface area contributed by atoms with E-state index in [1.54, 1.807) is 18.3 Å². The topological polar surface area (TPSA) is 83.8 Å². The number of nitrogen functional groups attached to an aromatic ring is 1. The number of aromatic amines is 1. The standard InChI is InChI=1S/C15H14N4O/c1-9-7-12(16)14-11(8-17-19-14)13(9)18-15(20)10-5-3-2-4-6-10/h2-8H,16H2,1H3,(H,17,19)(H,18,20). The molecule has 0 saturated heterocycles. The third-order valence-corrected chi connectivity index (χ3v) is 3.24. The normalized spacial score (nSPS) is 10.7. The molecule has 0 unspecified atom stereocenters. The monoisotopic (exact) mass is 266 g/mol. The lowest BCUT2D eigenvalue weighted by molar-refractivity contribution is 0.102. The lowest BCUT2D eigenvalue weighted by Crippen LogP contribution is -2.13. The number of hydrogen-bond donors (Lipinski definition) is 3. The van der Waals surface area contributed by atoms with E-state index < -0.39 is 0 Å². The average molecular weight is 266 g/mol. The summed E-state index contributed by atoms with van der Waals surface area (Å²) in [5, 5.41) is 10.6. The van der Waals surface area contributed by atoms with Gasteiger partial charge in [0.1, 0.15) is 0 Å². The van der Waals surface area contributed by atoms with E-state index in [1.165, 1.54) is 0 Å². The molecule has 3 rings (SSSR count). The van der Waals surface area contributed by atoms with Crippen molar-refractivity contribution < 1.29 is 4.79 Å². The minimum atomic E-state index is -0.152. The molecule has 5 heteroatoms. The lowest BCUT2D eigenvalue weighted by Gasteiger charge is -2.11. The first-order valence-electron chi connectivity index (χ1n) is 6.25. The van der Waals surface area contributed by atoms with Crippen LogP contribution in [0.5, 0.6) is 0 Å². The van der Waals surface area contributed by atoms with E-state index in [2.05, 4.69) is 15.5 Å². The van der Waals surface area contributed by atoms with E-state index in [0.29, 0.717) is 11.3 Å². The third kappa shape index (κ3) is 1.99. The first-order chi connectivity index (χ1) is 9.66. The molecule has 0 radical (unpaired) electrons. The number of H-pyrrole nitrogens is 1.